The van der Waals surface area contributed by atoms with E-state index in [-0.39, 0.29) is 11.8 Å². The molecule has 2 aromatic heterocycles. The summed E-state index contributed by atoms with van der Waals surface area (Å²) in [6.07, 6.45) is 3.18. The molecule has 0 aliphatic carbocycles. The van der Waals surface area contributed by atoms with Gasteiger partial charge < -0.3 is 15.0 Å². The second kappa shape index (κ2) is 8.79. The van der Waals surface area contributed by atoms with E-state index in [2.05, 4.69) is 25.2 Å². The SMILES string of the molecule is COc1ccc(-c2cc(N3CCC(C(=O)Nc4nc(C)c(C)s4)CC3)ncn2)cc1. The summed E-state index contributed by atoms with van der Waals surface area (Å²) in [7, 11) is 1.65. The van der Waals surface area contributed by atoms with Gasteiger partial charge in [0, 0.05) is 35.5 Å². The van der Waals surface area contributed by atoms with Gasteiger partial charge in [0.05, 0.1) is 18.5 Å². The molecule has 156 valence electrons. The second-order valence-corrected chi connectivity index (χ2v) is 8.60. The normalized spacial score (nSPS) is 14.6. The number of nitrogens with one attached hydrogen (secondary N) is 1. The minimum Gasteiger partial charge on any atom is -0.497 e. The zero-order chi connectivity index (χ0) is 21.1. The zero-order valence-electron chi connectivity index (χ0n) is 17.4. The molecular formula is C22H25N5O2S. The zero-order valence-corrected chi connectivity index (χ0v) is 18.2. The van der Waals surface area contributed by atoms with Crippen LogP contribution in [-0.4, -0.2) is 41.1 Å². The largest absolute Gasteiger partial charge is 0.497 e. The lowest BCUT2D eigenvalue weighted by atomic mass is 9.96. The number of aryl methyl sites for hydroxylation is 2. The Morgan fingerprint density at radius 2 is 1.90 bits per heavy atom. The summed E-state index contributed by atoms with van der Waals surface area (Å²) in [6.45, 7) is 5.55. The molecule has 1 aromatic carbocycles. The molecule has 1 N–H and O–H groups in total. The number of ether oxygens (including phenoxy) is 1. The first-order valence-electron chi connectivity index (χ1n) is 10.00. The molecule has 3 heterocycles. The lowest BCUT2D eigenvalue weighted by molar-refractivity contribution is -0.120. The number of aromatic nitrogens is 3. The molecule has 0 radical (unpaired) electrons. The van der Waals surface area contributed by atoms with E-state index in [0.29, 0.717) is 5.13 Å². The third kappa shape index (κ3) is 4.43. The smallest absolute Gasteiger partial charge is 0.229 e. The predicted octanol–water partition coefficient (Wildman–Crippen LogP) is 4.08. The average molecular weight is 424 g/mol. The van der Waals surface area contributed by atoms with Crippen molar-refractivity contribution in [2.45, 2.75) is 26.7 Å². The number of carbonyl (C=O) groups is 1. The first-order chi connectivity index (χ1) is 14.5. The van der Waals surface area contributed by atoms with E-state index in [1.54, 1.807) is 13.4 Å². The minimum atomic E-state index is -0.00587. The van der Waals surface area contributed by atoms with Crippen molar-refractivity contribution >= 4 is 28.2 Å². The van der Waals surface area contributed by atoms with Crippen LogP contribution in [0.4, 0.5) is 10.9 Å². The molecule has 7 nitrogen and oxygen atoms in total. The number of hydrogen-bond acceptors (Lipinski definition) is 7. The fourth-order valence-electron chi connectivity index (χ4n) is 3.54. The maximum absolute atomic E-state index is 12.6. The molecule has 1 amide bonds. The summed E-state index contributed by atoms with van der Waals surface area (Å²) in [5, 5.41) is 3.67. The molecule has 0 atom stereocenters. The summed E-state index contributed by atoms with van der Waals surface area (Å²) in [6, 6.07) is 9.83. The summed E-state index contributed by atoms with van der Waals surface area (Å²) in [5.74, 6) is 1.76. The van der Waals surface area contributed by atoms with Crippen LogP contribution in [0.1, 0.15) is 23.4 Å². The first-order valence-corrected chi connectivity index (χ1v) is 10.8. The Bertz CT molecular complexity index is 1010. The van der Waals surface area contributed by atoms with E-state index in [4.69, 9.17) is 4.74 Å². The van der Waals surface area contributed by atoms with E-state index in [0.717, 1.165) is 59.3 Å². The predicted molar refractivity (Wildman–Crippen MR) is 119 cm³/mol. The number of rotatable bonds is 5. The molecule has 3 aromatic rings. The Balaban J connectivity index is 1.38. The number of thiazole rings is 1. The molecule has 4 rings (SSSR count). The van der Waals surface area contributed by atoms with Gasteiger partial charge in [-0.3, -0.25) is 4.79 Å². The van der Waals surface area contributed by atoms with Crippen LogP contribution in [0.3, 0.4) is 0 Å². The maximum atomic E-state index is 12.6. The van der Waals surface area contributed by atoms with Crippen molar-refractivity contribution in [3.05, 3.63) is 47.2 Å². The van der Waals surface area contributed by atoms with Gasteiger partial charge >= 0.3 is 0 Å². The number of piperidine rings is 1. The number of benzene rings is 1. The van der Waals surface area contributed by atoms with Crippen molar-refractivity contribution in [2.24, 2.45) is 5.92 Å². The summed E-state index contributed by atoms with van der Waals surface area (Å²) < 4.78 is 5.22. The fourth-order valence-corrected chi connectivity index (χ4v) is 4.36. The standard InChI is InChI=1S/C22H25N5O2S/c1-14-15(2)30-22(25-14)26-21(28)17-8-10-27(11-9-17)20-12-19(23-13-24-20)16-4-6-18(29-3)7-5-16/h4-7,12-13,17H,8-11H2,1-3H3,(H,25,26,28). The number of amides is 1. The van der Waals surface area contributed by atoms with Crippen LogP contribution in [0.2, 0.25) is 0 Å². The van der Waals surface area contributed by atoms with Crippen LogP contribution in [0, 0.1) is 19.8 Å². The van der Waals surface area contributed by atoms with Crippen molar-refractivity contribution in [1.29, 1.82) is 0 Å². The number of methoxy groups -OCH3 is 1. The Hall–Kier alpha value is -3.00. The lowest BCUT2D eigenvalue weighted by Crippen LogP contribution is -2.38. The fraction of sp³-hybridized carbons (Fsp3) is 0.364. The quantitative estimate of drug-likeness (QED) is 0.666. The molecule has 1 aliphatic rings. The van der Waals surface area contributed by atoms with Gasteiger partial charge in [0.25, 0.3) is 0 Å². The highest BCUT2D eigenvalue weighted by Gasteiger charge is 2.26. The van der Waals surface area contributed by atoms with E-state index in [1.807, 2.05) is 44.2 Å². The van der Waals surface area contributed by atoms with Crippen LogP contribution >= 0.6 is 11.3 Å². The molecule has 0 saturated carbocycles. The maximum Gasteiger partial charge on any atom is 0.229 e. The molecular weight excluding hydrogens is 398 g/mol. The lowest BCUT2D eigenvalue weighted by Gasteiger charge is -2.32. The Morgan fingerprint density at radius 1 is 1.17 bits per heavy atom. The van der Waals surface area contributed by atoms with Gasteiger partial charge in [0.15, 0.2) is 5.13 Å². The van der Waals surface area contributed by atoms with Gasteiger partial charge in [-0.05, 0) is 51.0 Å². The Kier molecular flexibility index (Phi) is 5.94. The van der Waals surface area contributed by atoms with Gasteiger partial charge in [-0.25, -0.2) is 15.0 Å². The molecule has 0 unspecified atom stereocenters. The first kappa shape index (κ1) is 20.3. The van der Waals surface area contributed by atoms with E-state index >= 15 is 0 Å². The van der Waals surface area contributed by atoms with Crippen molar-refractivity contribution < 1.29 is 9.53 Å². The van der Waals surface area contributed by atoms with Crippen molar-refractivity contribution in [2.75, 3.05) is 30.4 Å². The van der Waals surface area contributed by atoms with Gasteiger partial charge in [-0.2, -0.15) is 0 Å². The van der Waals surface area contributed by atoms with Crippen LogP contribution in [0.25, 0.3) is 11.3 Å². The Morgan fingerprint density at radius 3 is 2.53 bits per heavy atom. The van der Waals surface area contributed by atoms with E-state index in [1.165, 1.54) is 11.3 Å². The van der Waals surface area contributed by atoms with Crippen LogP contribution in [0.15, 0.2) is 36.7 Å². The Labute approximate surface area is 180 Å². The van der Waals surface area contributed by atoms with Crippen molar-refractivity contribution in [3.63, 3.8) is 0 Å². The monoisotopic (exact) mass is 423 g/mol. The van der Waals surface area contributed by atoms with Crippen LogP contribution in [0.5, 0.6) is 5.75 Å². The van der Waals surface area contributed by atoms with Crippen molar-refractivity contribution in [3.8, 4) is 17.0 Å². The number of carbonyl (C=O) groups excluding carboxylic acids is 1. The van der Waals surface area contributed by atoms with Crippen LogP contribution in [-0.2, 0) is 4.79 Å². The minimum absolute atomic E-state index is 0.00587. The van der Waals surface area contributed by atoms with Gasteiger partial charge in [0.2, 0.25) is 5.91 Å². The van der Waals surface area contributed by atoms with Crippen LogP contribution < -0.4 is 15.0 Å². The van der Waals surface area contributed by atoms with E-state index in [9.17, 15) is 4.79 Å². The molecule has 1 fully saturated rings. The highest BCUT2D eigenvalue weighted by molar-refractivity contribution is 7.15. The molecule has 30 heavy (non-hydrogen) atoms. The molecule has 0 bridgehead atoms. The molecule has 0 spiro atoms. The summed E-state index contributed by atoms with van der Waals surface area (Å²) in [5.41, 5.74) is 2.86. The summed E-state index contributed by atoms with van der Waals surface area (Å²) in [4.78, 5) is 29.3. The highest BCUT2D eigenvalue weighted by Crippen LogP contribution is 2.27. The number of anilines is 2. The third-order valence-corrected chi connectivity index (χ3v) is 6.48. The summed E-state index contributed by atoms with van der Waals surface area (Å²) >= 11 is 1.53. The average Bonchev–Trinajstić information content (AvgIpc) is 3.10. The topological polar surface area (TPSA) is 80.2 Å². The number of hydrogen-bond donors (Lipinski definition) is 1. The van der Waals surface area contributed by atoms with Gasteiger partial charge in [-0.15, -0.1) is 11.3 Å². The highest BCUT2D eigenvalue weighted by atomic mass is 32.1. The van der Waals surface area contributed by atoms with Gasteiger partial charge in [0.1, 0.15) is 17.9 Å². The van der Waals surface area contributed by atoms with Crippen molar-refractivity contribution in [1.82, 2.24) is 15.0 Å². The molecule has 8 heteroatoms. The van der Waals surface area contributed by atoms with E-state index < -0.39 is 0 Å². The number of nitrogens with zero attached hydrogens (tertiary/aromatic N) is 4. The third-order valence-electron chi connectivity index (χ3n) is 5.49. The molecule has 1 aliphatic heterocycles. The van der Waals surface area contributed by atoms with Gasteiger partial charge in [-0.1, -0.05) is 0 Å². The second-order valence-electron chi connectivity index (χ2n) is 7.40. The molecule has 1 saturated heterocycles.